The van der Waals surface area contributed by atoms with Gasteiger partial charge in [0.2, 0.25) is 0 Å². The number of Topliss-reactive ketones (excluding diaryl/α,β-unsaturated/α-hetero) is 1. The van der Waals surface area contributed by atoms with Crippen LogP contribution in [0, 0.1) is 0 Å². The van der Waals surface area contributed by atoms with E-state index in [1.807, 2.05) is 0 Å². The Labute approximate surface area is 188 Å². The fraction of sp³-hybridized carbons (Fsp3) is 0.692. The molecular formula is C26H42O5. The zero-order valence-electron chi connectivity index (χ0n) is 19.7. The van der Waals surface area contributed by atoms with Gasteiger partial charge in [0.05, 0.1) is 19.3 Å². The van der Waals surface area contributed by atoms with Gasteiger partial charge in [-0.2, -0.15) is 0 Å². The molecule has 31 heavy (non-hydrogen) atoms. The van der Waals surface area contributed by atoms with E-state index in [4.69, 9.17) is 9.15 Å². The Morgan fingerprint density at radius 3 is 2.06 bits per heavy atom. The molecule has 1 heterocycles. The summed E-state index contributed by atoms with van der Waals surface area (Å²) in [6.45, 7) is 2.83. The standard InChI is InChI=1S/C26H42O5/c1-3-4-5-6-7-8-9-10-11-12-13-14-15-16-17-18-19-30-26-20-23(22-31-26)24(27)21-25(28)29-2/h10-11,20,22H,3-9,12-19,21H2,1-2H3/b11-10+. The molecule has 0 N–H and O–H groups in total. The molecule has 0 bridgehead atoms. The molecule has 0 radical (unpaired) electrons. The van der Waals surface area contributed by atoms with E-state index >= 15 is 0 Å². The first-order valence-corrected chi connectivity index (χ1v) is 12.1. The Morgan fingerprint density at radius 1 is 0.871 bits per heavy atom. The first kappa shape index (κ1) is 27.0. The van der Waals surface area contributed by atoms with Crippen LogP contribution in [0.3, 0.4) is 0 Å². The van der Waals surface area contributed by atoms with Crippen molar-refractivity contribution in [3.8, 4) is 5.95 Å². The highest BCUT2D eigenvalue weighted by Gasteiger charge is 2.15. The monoisotopic (exact) mass is 434 g/mol. The summed E-state index contributed by atoms with van der Waals surface area (Å²) >= 11 is 0. The first-order valence-electron chi connectivity index (χ1n) is 12.1. The van der Waals surface area contributed by atoms with E-state index in [1.54, 1.807) is 0 Å². The molecule has 0 aliphatic rings. The van der Waals surface area contributed by atoms with Gasteiger partial charge in [0.15, 0.2) is 5.78 Å². The summed E-state index contributed by atoms with van der Waals surface area (Å²) < 4.78 is 15.3. The SMILES string of the molecule is CCCCCCCC/C=C/CCCCCCCCOc1cc(C(=O)CC(=O)OC)co1. The molecule has 0 atom stereocenters. The molecule has 0 aromatic carbocycles. The van der Waals surface area contributed by atoms with Gasteiger partial charge in [-0.15, -0.1) is 0 Å². The summed E-state index contributed by atoms with van der Waals surface area (Å²) in [5, 5.41) is 0. The third-order valence-electron chi connectivity index (χ3n) is 5.33. The maximum absolute atomic E-state index is 11.8. The van der Waals surface area contributed by atoms with E-state index in [2.05, 4.69) is 23.8 Å². The number of carbonyl (C=O) groups excluding carboxylic acids is 2. The van der Waals surface area contributed by atoms with Gasteiger partial charge in [-0.05, 0) is 32.1 Å². The number of esters is 1. The summed E-state index contributed by atoms with van der Waals surface area (Å²) in [6, 6.07) is 1.53. The molecule has 0 saturated carbocycles. The molecule has 0 fully saturated rings. The maximum Gasteiger partial charge on any atom is 0.313 e. The fourth-order valence-corrected chi connectivity index (χ4v) is 3.37. The largest absolute Gasteiger partial charge is 0.469 e. The molecule has 0 spiro atoms. The average Bonchev–Trinajstić information content (AvgIpc) is 3.25. The average molecular weight is 435 g/mol. The summed E-state index contributed by atoms with van der Waals surface area (Å²) in [7, 11) is 1.26. The number of hydrogen-bond donors (Lipinski definition) is 0. The van der Waals surface area contributed by atoms with Crippen LogP contribution in [0.2, 0.25) is 0 Å². The lowest BCUT2D eigenvalue weighted by atomic mass is 10.1. The molecule has 1 aromatic rings. The van der Waals surface area contributed by atoms with Crippen molar-refractivity contribution < 1.29 is 23.5 Å². The molecule has 1 rings (SSSR count). The third kappa shape index (κ3) is 14.6. The van der Waals surface area contributed by atoms with Crippen molar-refractivity contribution in [1.82, 2.24) is 0 Å². The Kier molecular flexibility index (Phi) is 16.3. The van der Waals surface area contributed by atoms with Crippen LogP contribution in [0.1, 0.15) is 114 Å². The van der Waals surface area contributed by atoms with Gasteiger partial charge >= 0.3 is 5.97 Å². The normalized spacial score (nSPS) is 11.2. The van der Waals surface area contributed by atoms with Gasteiger partial charge in [0.25, 0.3) is 5.95 Å². The van der Waals surface area contributed by atoms with Crippen molar-refractivity contribution in [1.29, 1.82) is 0 Å². The number of hydrogen-bond acceptors (Lipinski definition) is 5. The Morgan fingerprint density at radius 2 is 1.45 bits per heavy atom. The third-order valence-corrected chi connectivity index (χ3v) is 5.33. The van der Waals surface area contributed by atoms with Crippen LogP contribution in [0.4, 0.5) is 0 Å². The smallest absolute Gasteiger partial charge is 0.313 e. The molecule has 0 saturated heterocycles. The van der Waals surface area contributed by atoms with Crippen molar-refractivity contribution in [2.24, 2.45) is 0 Å². The van der Waals surface area contributed by atoms with Crippen LogP contribution >= 0.6 is 0 Å². The minimum absolute atomic E-state index is 0.287. The molecule has 5 nitrogen and oxygen atoms in total. The van der Waals surface area contributed by atoms with Gasteiger partial charge in [-0.1, -0.05) is 76.9 Å². The quantitative estimate of drug-likeness (QED) is 0.0701. The van der Waals surface area contributed by atoms with E-state index in [0.717, 1.165) is 12.8 Å². The maximum atomic E-state index is 11.8. The highest BCUT2D eigenvalue weighted by Crippen LogP contribution is 2.18. The second-order valence-electron chi connectivity index (χ2n) is 8.12. The summed E-state index contributed by atoms with van der Waals surface area (Å²) in [6.07, 6.45) is 23.5. The highest BCUT2D eigenvalue weighted by molar-refractivity contribution is 6.05. The van der Waals surface area contributed by atoms with Crippen LogP contribution in [0.25, 0.3) is 0 Å². The molecular weight excluding hydrogens is 392 g/mol. The number of furan rings is 1. The minimum Gasteiger partial charge on any atom is -0.469 e. The molecule has 5 heteroatoms. The van der Waals surface area contributed by atoms with E-state index in [0.29, 0.717) is 18.1 Å². The van der Waals surface area contributed by atoms with Gasteiger partial charge < -0.3 is 13.9 Å². The lowest BCUT2D eigenvalue weighted by Crippen LogP contribution is -2.08. The molecule has 0 unspecified atom stereocenters. The van der Waals surface area contributed by atoms with E-state index in [9.17, 15) is 9.59 Å². The molecule has 1 aromatic heterocycles. The van der Waals surface area contributed by atoms with E-state index < -0.39 is 5.97 Å². The van der Waals surface area contributed by atoms with Crippen LogP contribution in [-0.4, -0.2) is 25.5 Å². The summed E-state index contributed by atoms with van der Waals surface area (Å²) in [5.74, 6) is -0.568. The highest BCUT2D eigenvalue weighted by atomic mass is 16.6. The lowest BCUT2D eigenvalue weighted by molar-refractivity contribution is -0.139. The fourth-order valence-electron chi connectivity index (χ4n) is 3.37. The van der Waals surface area contributed by atoms with Crippen molar-refractivity contribution in [3.05, 3.63) is 30.0 Å². The molecule has 0 amide bonds. The number of rotatable bonds is 20. The second kappa shape index (κ2) is 18.7. The van der Waals surface area contributed by atoms with Crippen molar-refractivity contribution in [2.45, 2.75) is 103 Å². The predicted octanol–water partition coefficient (Wildman–Crippen LogP) is 7.44. The van der Waals surface area contributed by atoms with Crippen molar-refractivity contribution in [2.75, 3.05) is 13.7 Å². The first-order chi connectivity index (χ1) is 15.2. The number of allylic oxidation sites excluding steroid dienone is 2. The number of unbranched alkanes of at least 4 members (excludes halogenated alkanes) is 12. The van der Waals surface area contributed by atoms with Crippen molar-refractivity contribution in [3.63, 3.8) is 0 Å². The minimum atomic E-state index is -0.558. The Balaban J connectivity index is 1.91. The van der Waals surface area contributed by atoms with Crippen LogP contribution in [-0.2, 0) is 9.53 Å². The van der Waals surface area contributed by atoms with Crippen molar-refractivity contribution >= 4 is 11.8 Å². The Hall–Kier alpha value is -2.04. The van der Waals surface area contributed by atoms with Gasteiger partial charge in [-0.25, -0.2) is 0 Å². The Bertz CT molecular complexity index is 617. The number of ketones is 1. The lowest BCUT2D eigenvalue weighted by Gasteiger charge is -2.03. The summed E-state index contributed by atoms with van der Waals surface area (Å²) in [4.78, 5) is 23.0. The van der Waals surface area contributed by atoms with Crippen LogP contribution in [0.5, 0.6) is 5.95 Å². The second-order valence-corrected chi connectivity index (χ2v) is 8.12. The van der Waals surface area contributed by atoms with E-state index in [-0.39, 0.29) is 12.2 Å². The van der Waals surface area contributed by atoms with Crippen LogP contribution in [0.15, 0.2) is 28.9 Å². The number of ether oxygens (including phenoxy) is 2. The number of methoxy groups -OCH3 is 1. The van der Waals surface area contributed by atoms with Crippen LogP contribution < -0.4 is 4.74 Å². The molecule has 0 aliphatic carbocycles. The topological polar surface area (TPSA) is 65.7 Å². The van der Waals surface area contributed by atoms with Gasteiger partial charge in [-0.3, -0.25) is 9.59 Å². The molecule has 0 aliphatic heterocycles. The molecule has 176 valence electrons. The van der Waals surface area contributed by atoms with E-state index in [1.165, 1.54) is 96.5 Å². The zero-order valence-corrected chi connectivity index (χ0v) is 19.7. The van der Waals surface area contributed by atoms with Gasteiger partial charge in [0.1, 0.15) is 12.7 Å². The number of carbonyl (C=O) groups is 2. The zero-order chi connectivity index (χ0) is 22.6. The predicted molar refractivity (Wildman–Crippen MR) is 125 cm³/mol. The summed E-state index contributed by atoms with van der Waals surface area (Å²) in [5.41, 5.74) is 0.335. The van der Waals surface area contributed by atoms with Gasteiger partial charge in [0, 0.05) is 6.07 Å².